The number of aromatic nitrogens is 1. The Morgan fingerprint density at radius 1 is 1.22 bits per heavy atom. The molecule has 1 heterocycles. The molecule has 1 aromatic heterocycles. The van der Waals surface area contributed by atoms with Gasteiger partial charge in [-0.25, -0.2) is 4.98 Å². The van der Waals surface area contributed by atoms with Gasteiger partial charge >= 0.3 is 0 Å². The van der Waals surface area contributed by atoms with Crippen LogP contribution in [-0.4, -0.2) is 24.5 Å². The van der Waals surface area contributed by atoms with Crippen molar-refractivity contribution in [1.29, 1.82) is 0 Å². The number of carbonyl (C=O) groups is 1. The molecule has 122 valence electrons. The van der Waals surface area contributed by atoms with E-state index in [4.69, 9.17) is 4.74 Å². The molecule has 0 aliphatic carbocycles. The van der Waals surface area contributed by atoms with E-state index in [9.17, 15) is 4.79 Å². The van der Waals surface area contributed by atoms with Gasteiger partial charge in [0.05, 0.1) is 18.4 Å². The molecule has 2 N–H and O–H groups in total. The Morgan fingerprint density at radius 3 is 2.65 bits per heavy atom. The van der Waals surface area contributed by atoms with Crippen LogP contribution in [0.5, 0.6) is 5.75 Å². The number of rotatable bonds is 7. The second-order valence-corrected chi connectivity index (χ2v) is 5.70. The monoisotopic (exact) mass is 313 g/mol. The van der Waals surface area contributed by atoms with Crippen LogP contribution in [0.3, 0.4) is 0 Å². The van der Waals surface area contributed by atoms with E-state index in [1.54, 1.807) is 31.5 Å². The number of hydrogen-bond acceptors (Lipinski definition) is 4. The molecule has 0 saturated heterocycles. The smallest absolute Gasteiger partial charge is 0.257 e. The van der Waals surface area contributed by atoms with Crippen molar-refractivity contribution in [3.05, 3.63) is 48.2 Å². The largest absolute Gasteiger partial charge is 0.495 e. The Kier molecular flexibility index (Phi) is 5.97. The zero-order valence-corrected chi connectivity index (χ0v) is 13.8. The second kappa shape index (κ2) is 8.17. The Bertz CT molecular complexity index is 639. The van der Waals surface area contributed by atoms with E-state index in [2.05, 4.69) is 29.5 Å². The molecule has 2 aromatic rings. The van der Waals surface area contributed by atoms with Gasteiger partial charge in [-0.05, 0) is 36.6 Å². The standard InChI is InChI=1S/C18H23N3O2/c1-13(2)10-11-19-17-9-8-14(12-20-17)18(22)21-15-6-4-5-7-16(15)23-3/h4-9,12-13H,10-11H2,1-3H3,(H,19,20)(H,21,22). The van der Waals surface area contributed by atoms with Crippen molar-refractivity contribution >= 4 is 17.4 Å². The van der Waals surface area contributed by atoms with Crippen molar-refractivity contribution in [1.82, 2.24) is 4.98 Å². The molecule has 0 aliphatic heterocycles. The number of ether oxygens (including phenoxy) is 1. The lowest BCUT2D eigenvalue weighted by atomic mass is 10.1. The SMILES string of the molecule is COc1ccccc1NC(=O)c1ccc(NCCC(C)C)nc1. The highest BCUT2D eigenvalue weighted by atomic mass is 16.5. The van der Waals surface area contributed by atoms with Crippen molar-refractivity contribution in [3.63, 3.8) is 0 Å². The molecular weight excluding hydrogens is 290 g/mol. The summed E-state index contributed by atoms with van der Waals surface area (Å²) < 4.78 is 5.22. The number of benzene rings is 1. The lowest BCUT2D eigenvalue weighted by Gasteiger charge is -2.10. The Labute approximate surface area is 137 Å². The fourth-order valence-electron chi connectivity index (χ4n) is 2.06. The van der Waals surface area contributed by atoms with Crippen molar-refractivity contribution in [3.8, 4) is 5.75 Å². The van der Waals surface area contributed by atoms with Crippen molar-refractivity contribution in [2.24, 2.45) is 5.92 Å². The first-order valence-electron chi connectivity index (χ1n) is 7.74. The molecule has 0 atom stereocenters. The summed E-state index contributed by atoms with van der Waals surface area (Å²) in [6, 6.07) is 10.9. The van der Waals surface area contributed by atoms with Gasteiger partial charge in [0.15, 0.2) is 0 Å². The van der Waals surface area contributed by atoms with Gasteiger partial charge in [0.1, 0.15) is 11.6 Å². The zero-order chi connectivity index (χ0) is 16.7. The lowest BCUT2D eigenvalue weighted by molar-refractivity contribution is 0.102. The normalized spacial score (nSPS) is 10.4. The minimum Gasteiger partial charge on any atom is -0.495 e. The third-order valence-corrected chi connectivity index (χ3v) is 3.41. The highest BCUT2D eigenvalue weighted by Gasteiger charge is 2.09. The van der Waals surface area contributed by atoms with Crippen molar-refractivity contribution < 1.29 is 9.53 Å². The Morgan fingerprint density at radius 2 is 2.00 bits per heavy atom. The quantitative estimate of drug-likeness (QED) is 0.816. The van der Waals surface area contributed by atoms with E-state index in [0.717, 1.165) is 18.8 Å². The summed E-state index contributed by atoms with van der Waals surface area (Å²) in [5, 5.41) is 6.08. The minimum absolute atomic E-state index is 0.212. The van der Waals surface area contributed by atoms with Gasteiger partial charge in [-0.1, -0.05) is 26.0 Å². The molecule has 0 fully saturated rings. The molecule has 1 amide bonds. The molecule has 2 rings (SSSR count). The maximum absolute atomic E-state index is 12.3. The molecule has 0 bridgehead atoms. The van der Waals surface area contributed by atoms with E-state index < -0.39 is 0 Å². The fourth-order valence-corrected chi connectivity index (χ4v) is 2.06. The van der Waals surface area contributed by atoms with Crippen LogP contribution >= 0.6 is 0 Å². The summed E-state index contributed by atoms with van der Waals surface area (Å²) in [4.78, 5) is 16.5. The Balaban J connectivity index is 1.97. The van der Waals surface area contributed by atoms with Gasteiger partial charge in [-0.2, -0.15) is 0 Å². The molecule has 0 radical (unpaired) electrons. The summed E-state index contributed by atoms with van der Waals surface area (Å²) in [7, 11) is 1.57. The molecule has 0 unspecified atom stereocenters. The average Bonchev–Trinajstić information content (AvgIpc) is 2.55. The molecule has 23 heavy (non-hydrogen) atoms. The van der Waals surface area contributed by atoms with E-state index in [-0.39, 0.29) is 5.91 Å². The Hall–Kier alpha value is -2.56. The number of pyridine rings is 1. The van der Waals surface area contributed by atoms with Gasteiger partial charge < -0.3 is 15.4 Å². The molecule has 5 nitrogen and oxygen atoms in total. The summed E-state index contributed by atoms with van der Waals surface area (Å²) in [6.45, 7) is 5.23. The molecule has 0 saturated carbocycles. The number of nitrogens with one attached hydrogen (secondary N) is 2. The number of nitrogens with zero attached hydrogens (tertiary/aromatic N) is 1. The molecule has 1 aromatic carbocycles. The third kappa shape index (κ3) is 4.98. The zero-order valence-electron chi connectivity index (χ0n) is 13.8. The van der Waals surface area contributed by atoms with Crippen LogP contribution in [0, 0.1) is 5.92 Å². The first-order chi connectivity index (χ1) is 11.1. The van der Waals surface area contributed by atoms with Crippen LogP contribution in [0.25, 0.3) is 0 Å². The van der Waals surface area contributed by atoms with Crippen LogP contribution in [-0.2, 0) is 0 Å². The average molecular weight is 313 g/mol. The number of anilines is 2. The second-order valence-electron chi connectivity index (χ2n) is 5.70. The van der Waals surface area contributed by atoms with Crippen molar-refractivity contribution in [2.75, 3.05) is 24.3 Å². The molecular formula is C18H23N3O2. The molecule has 5 heteroatoms. The summed E-state index contributed by atoms with van der Waals surface area (Å²) >= 11 is 0. The lowest BCUT2D eigenvalue weighted by Crippen LogP contribution is -2.13. The van der Waals surface area contributed by atoms with Crippen LogP contribution in [0.1, 0.15) is 30.6 Å². The van der Waals surface area contributed by atoms with Crippen LogP contribution in [0.15, 0.2) is 42.6 Å². The topological polar surface area (TPSA) is 63.2 Å². The first-order valence-corrected chi connectivity index (χ1v) is 7.74. The number of amides is 1. The van der Waals surface area contributed by atoms with Gasteiger partial charge in [0.25, 0.3) is 5.91 Å². The van der Waals surface area contributed by atoms with Crippen LogP contribution in [0.4, 0.5) is 11.5 Å². The summed E-state index contributed by atoms with van der Waals surface area (Å²) in [5.74, 6) is 1.84. The first kappa shape index (κ1) is 16.8. The highest BCUT2D eigenvalue weighted by molar-refractivity contribution is 6.04. The van der Waals surface area contributed by atoms with E-state index in [1.165, 1.54) is 0 Å². The van der Waals surface area contributed by atoms with Crippen molar-refractivity contribution in [2.45, 2.75) is 20.3 Å². The molecule has 0 aliphatic rings. The number of para-hydroxylation sites is 2. The van der Waals surface area contributed by atoms with E-state index in [0.29, 0.717) is 22.9 Å². The number of hydrogen-bond donors (Lipinski definition) is 2. The van der Waals surface area contributed by atoms with Gasteiger partial charge in [0.2, 0.25) is 0 Å². The van der Waals surface area contributed by atoms with Gasteiger partial charge in [0, 0.05) is 12.7 Å². The summed E-state index contributed by atoms with van der Waals surface area (Å²) in [6.07, 6.45) is 2.65. The van der Waals surface area contributed by atoms with Gasteiger partial charge in [-0.3, -0.25) is 4.79 Å². The fraction of sp³-hybridized carbons (Fsp3) is 0.333. The van der Waals surface area contributed by atoms with Gasteiger partial charge in [-0.15, -0.1) is 0 Å². The highest BCUT2D eigenvalue weighted by Crippen LogP contribution is 2.23. The predicted octanol–water partition coefficient (Wildman–Crippen LogP) is 3.80. The van der Waals surface area contributed by atoms with E-state index >= 15 is 0 Å². The third-order valence-electron chi connectivity index (χ3n) is 3.41. The maximum Gasteiger partial charge on any atom is 0.257 e. The number of methoxy groups -OCH3 is 1. The number of carbonyl (C=O) groups excluding carboxylic acids is 1. The summed E-state index contributed by atoms with van der Waals surface area (Å²) in [5.41, 5.74) is 1.14. The molecule has 0 spiro atoms. The predicted molar refractivity (Wildman–Crippen MR) is 93.1 cm³/mol. The van der Waals surface area contributed by atoms with Crippen LogP contribution < -0.4 is 15.4 Å². The van der Waals surface area contributed by atoms with Crippen LogP contribution in [0.2, 0.25) is 0 Å². The van der Waals surface area contributed by atoms with E-state index in [1.807, 2.05) is 18.2 Å². The minimum atomic E-state index is -0.212. The maximum atomic E-state index is 12.3.